The standard InChI is InChI=1S/C24H34N4O3/c1-25-24(27(2)18-19-8-6-5-7-9-19)26-17-21(28-12-14-31-15-13-28)20-10-11-22(29-3)23(16-20)30-4/h5-11,16,21H,12-15,17-18H2,1-4H3,(H,25,26). The van der Waals surface area contributed by atoms with Crippen molar-refractivity contribution in [3.63, 3.8) is 0 Å². The molecule has 0 spiro atoms. The number of morpholine rings is 1. The van der Waals surface area contributed by atoms with E-state index in [2.05, 4.69) is 63.6 Å². The van der Waals surface area contributed by atoms with E-state index in [1.54, 1.807) is 14.2 Å². The van der Waals surface area contributed by atoms with Crippen molar-refractivity contribution in [2.75, 3.05) is 61.2 Å². The second-order valence-electron chi connectivity index (χ2n) is 7.55. The fraction of sp³-hybridized carbons (Fsp3) is 0.458. The van der Waals surface area contributed by atoms with Gasteiger partial charge in [0.2, 0.25) is 0 Å². The van der Waals surface area contributed by atoms with Crippen LogP contribution in [-0.4, -0.2) is 76.9 Å². The lowest BCUT2D eigenvalue weighted by molar-refractivity contribution is 0.0168. The number of ether oxygens (including phenoxy) is 3. The zero-order chi connectivity index (χ0) is 22.1. The highest BCUT2D eigenvalue weighted by Gasteiger charge is 2.24. The smallest absolute Gasteiger partial charge is 0.193 e. The maximum Gasteiger partial charge on any atom is 0.193 e. The van der Waals surface area contributed by atoms with Crippen LogP contribution in [0.3, 0.4) is 0 Å². The van der Waals surface area contributed by atoms with Crippen LogP contribution in [0.15, 0.2) is 53.5 Å². The third-order valence-electron chi connectivity index (χ3n) is 5.57. The van der Waals surface area contributed by atoms with Gasteiger partial charge in [0.1, 0.15) is 0 Å². The molecule has 1 aliphatic rings. The SMILES string of the molecule is CN=C(NCC(c1ccc(OC)c(OC)c1)N1CCOCC1)N(C)Cc1ccccc1. The molecule has 1 aliphatic heterocycles. The monoisotopic (exact) mass is 426 g/mol. The van der Waals surface area contributed by atoms with Gasteiger partial charge in [-0.1, -0.05) is 36.4 Å². The highest BCUT2D eigenvalue weighted by Crippen LogP contribution is 2.32. The number of benzene rings is 2. The molecule has 0 aliphatic carbocycles. The van der Waals surface area contributed by atoms with Gasteiger partial charge in [0, 0.05) is 40.3 Å². The van der Waals surface area contributed by atoms with Gasteiger partial charge in [-0.2, -0.15) is 0 Å². The Kier molecular flexibility index (Phi) is 8.55. The van der Waals surface area contributed by atoms with Gasteiger partial charge >= 0.3 is 0 Å². The molecule has 31 heavy (non-hydrogen) atoms. The predicted molar refractivity (Wildman–Crippen MR) is 124 cm³/mol. The van der Waals surface area contributed by atoms with Crippen molar-refractivity contribution < 1.29 is 14.2 Å². The number of guanidine groups is 1. The molecule has 1 unspecified atom stereocenters. The summed E-state index contributed by atoms with van der Waals surface area (Å²) in [6.45, 7) is 4.78. The van der Waals surface area contributed by atoms with Gasteiger partial charge in [-0.25, -0.2) is 0 Å². The molecule has 0 amide bonds. The van der Waals surface area contributed by atoms with Crippen LogP contribution in [0.25, 0.3) is 0 Å². The van der Waals surface area contributed by atoms with E-state index < -0.39 is 0 Å². The van der Waals surface area contributed by atoms with E-state index in [1.807, 2.05) is 19.2 Å². The molecule has 1 N–H and O–H groups in total. The van der Waals surface area contributed by atoms with Gasteiger partial charge in [0.15, 0.2) is 17.5 Å². The van der Waals surface area contributed by atoms with Crippen molar-refractivity contribution in [1.29, 1.82) is 0 Å². The average Bonchev–Trinajstić information content (AvgIpc) is 2.82. The van der Waals surface area contributed by atoms with E-state index in [9.17, 15) is 0 Å². The first-order valence-corrected chi connectivity index (χ1v) is 10.7. The van der Waals surface area contributed by atoms with Gasteiger partial charge in [0.05, 0.1) is 33.5 Å². The molecule has 1 heterocycles. The third-order valence-corrected chi connectivity index (χ3v) is 5.57. The zero-order valence-electron chi connectivity index (χ0n) is 19.0. The zero-order valence-corrected chi connectivity index (χ0v) is 19.0. The molecule has 2 aromatic rings. The number of rotatable bonds is 8. The summed E-state index contributed by atoms with van der Waals surface area (Å²) in [4.78, 5) is 9.09. The number of hydrogen-bond donors (Lipinski definition) is 1. The number of nitrogens with zero attached hydrogens (tertiary/aromatic N) is 3. The molecule has 7 nitrogen and oxygen atoms in total. The Morgan fingerprint density at radius 3 is 2.45 bits per heavy atom. The summed E-state index contributed by atoms with van der Waals surface area (Å²) in [5.74, 6) is 2.34. The maximum atomic E-state index is 5.58. The van der Waals surface area contributed by atoms with Crippen LogP contribution in [0.2, 0.25) is 0 Å². The molecule has 168 valence electrons. The molecular weight excluding hydrogens is 392 g/mol. The fourth-order valence-corrected chi connectivity index (χ4v) is 3.91. The Morgan fingerprint density at radius 1 is 1.10 bits per heavy atom. The first-order valence-electron chi connectivity index (χ1n) is 10.7. The quantitative estimate of drug-likeness (QED) is 0.518. The summed E-state index contributed by atoms with van der Waals surface area (Å²) in [6.07, 6.45) is 0. The largest absolute Gasteiger partial charge is 0.493 e. The van der Waals surface area contributed by atoms with E-state index in [4.69, 9.17) is 14.2 Å². The summed E-state index contributed by atoms with van der Waals surface area (Å²) in [7, 11) is 7.21. The van der Waals surface area contributed by atoms with Crippen molar-refractivity contribution >= 4 is 5.96 Å². The van der Waals surface area contributed by atoms with Crippen LogP contribution in [-0.2, 0) is 11.3 Å². The minimum atomic E-state index is 0.158. The molecule has 0 radical (unpaired) electrons. The molecular formula is C24H34N4O3. The topological polar surface area (TPSA) is 58.6 Å². The molecule has 0 saturated carbocycles. The Balaban J connectivity index is 1.75. The lowest BCUT2D eigenvalue weighted by Crippen LogP contribution is -2.46. The van der Waals surface area contributed by atoms with Crippen molar-refractivity contribution in [3.05, 3.63) is 59.7 Å². The van der Waals surface area contributed by atoms with Crippen molar-refractivity contribution in [2.45, 2.75) is 12.6 Å². The van der Waals surface area contributed by atoms with Gasteiger partial charge in [0.25, 0.3) is 0 Å². The van der Waals surface area contributed by atoms with Crippen LogP contribution in [0, 0.1) is 0 Å². The first-order chi connectivity index (χ1) is 15.2. The van der Waals surface area contributed by atoms with Gasteiger partial charge in [-0.3, -0.25) is 9.89 Å². The minimum absolute atomic E-state index is 0.158. The summed E-state index contributed by atoms with van der Waals surface area (Å²) < 4.78 is 16.5. The Morgan fingerprint density at radius 2 is 1.81 bits per heavy atom. The number of methoxy groups -OCH3 is 2. The Bertz CT molecular complexity index is 838. The molecule has 3 rings (SSSR count). The van der Waals surface area contributed by atoms with E-state index >= 15 is 0 Å². The van der Waals surface area contributed by atoms with E-state index in [0.717, 1.165) is 56.9 Å². The van der Waals surface area contributed by atoms with Crippen LogP contribution in [0.1, 0.15) is 17.2 Å². The van der Waals surface area contributed by atoms with Crippen LogP contribution in [0.4, 0.5) is 0 Å². The van der Waals surface area contributed by atoms with Crippen molar-refractivity contribution in [1.82, 2.24) is 15.1 Å². The summed E-state index contributed by atoms with van der Waals surface area (Å²) in [6, 6.07) is 16.7. The Labute approximate surface area is 185 Å². The average molecular weight is 427 g/mol. The molecule has 1 saturated heterocycles. The predicted octanol–water partition coefficient (Wildman–Crippen LogP) is 2.78. The molecule has 1 fully saturated rings. The van der Waals surface area contributed by atoms with Crippen LogP contribution >= 0.6 is 0 Å². The van der Waals surface area contributed by atoms with Crippen LogP contribution in [0.5, 0.6) is 11.5 Å². The molecule has 0 aromatic heterocycles. The molecule has 7 heteroatoms. The first kappa shape index (κ1) is 22.9. The van der Waals surface area contributed by atoms with Gasteiger partial charge < -0.3 is 24.4 Å². The number of hydrogen-bond acceptors (Lipinski definition) is 5. The van der Waals surface area contributed by atoms with Crippen molar-refractivity contribution in [3.8, 4) is 11.5 Å². The third kappa shape index (κ3) is 6.12. The fourth-order valence-electron chi connectivity index (χ4n) is 3.91. The summed E-state index contributed by atoms with van der Waals surface area (Å²) >= 11 is 0. The second kappa shape index (κ2) is 11.6. The molecule has 0 bridgehead atoms. The maximum absolute atomic E-state index is 5.58. The van der Waals surface area contributed by atoms with Crippen LogP contribution < -0.4 is 14.8 Å². The normalized spacial score (nSPS) is 15.9. The Hall–Kier alpha value is -2.77. The lowest BCUT2D eigenvalue weighted by Gasteiger charge is -2.36. The summed E-state index contributed by atoms with van der Waals surface area (Å²) in [5.41, 5.74) is 2.42. The summed E-state index contributed by atoms with van der Waals surface area (Å²) in [5, 5.41) is 3.57. The van der Waals surface area contributed by atoms with E-state index in [1.165, 1.54) is 11.1 Å². The number of nitrogens with one attached hydrogen (secondary N) is 1. The van der Waals surface area contributed by atoms with E-state index in [-0.39, 0.29) is 6.04 Å². The highest BCUT2D eigenvalue weighted by atomic mass is 16.5. The van der Waals surface area contributed by atoms with Crippen molar-refractivity contribution in [2.24, 2.45) is 4.99 Å². The van der Waals surface area contributed by atoms with E-state index in [0.29, 0.717) is 0 Å². The van der Waals surface area contributed by atoms with Gasteiger partial charge in [-0.15, -0.1) is 0 Å². The highest BCUT2D eigenvalue weighted by molar-refractivity contribution is 5.79. The minimum Gasteiger partial charge on any atom is -0.493 e. The second-order valence-corrected chi connectivity index (χ2v) is 7.55. The molecule has 1 atom stereocenters. The number of aliphatic imine (C=N–C) groups is 1. The lowest BCUT2D eigenvalue weighted by atomic mass is 10.0. The molecule has 2 aromatic carbocycles. The van der Waals surface area contributed by atoms with Gasteiger partial charge in [-0.05, 0) is 23.3 Å².